The molecule has 0 radical (unpaired) electrons. The van der Waals surface area contributed by atoms with Crippen LogP contribution in [0.4, 0.5) is 0 Å². The van der Waals surface area contributed by atoms with Crippen molar-refractivity contribution >= 4 is 60.0 Å². The standard InChI is InChI=1S/C22H13N3O3/c1-9-7-8-11-14-16-15(21(26)23-22(16)27)13-10-5-3-4-6-12(10)25-19(13)18(14)24(2)17(11)20(9)28-25/h3-8H,1-2H3,(H,23,26,27). The number of H-pyrrole nitrogens is 1. The number of para-hydroxylation sites is 1. The molecule has 3 aromatic carbocycles. The third-order valence-corrected chi connectivity index (χ3v) is 6.18. The molecule has 0 atom stereocenters. The fraction of sp³-hybridized carbons (Fsp3) is 0.0909. The Morgan fingerprint density at radius 3 is 2.32 bits per heavy atom. The Morgan fingerprint density at radius 2 is 1.54 bits per heavy atom. The monoisotopic (exact) mass is 367 g/mol. The summed E-state index contributed by atoms with van der Waals surface area (Å²) < 4.78 is 10.4. The quantitative estimate of drug-likeness (QED) is 0.442. The molecule has 0 aliphatic rings. The molecular weight excluding hydrogens is 354 g/mol. The molecule has 1 N–H and O–H groups in total. The minimum absolute atomic E-state index is 0.333. The maximum Gasteiger partial charge on any atom is 0.259 e. The van der Waals surface area contributed by atoms with Crippen LogP contribution < -0.4 is 11.1 Å². The van der Waals surface area contributed by atoms with Crippen LogP contribution in [-0.2, 0) is 7.05 Å². The fourth-order valence-corrected chi connectivity index (χ4v) is 5.06. The Bertz CT molecular complexity index is 1880. The lowest BCUT2D eigenvalue weighted by atomic mass is 10.0. The highest BCUT2D eigenvalue weighted by atomic mass is 16.5. The normalized spacial score (nSPS) is 12.9. The van der Waals surface area contributed by atoms with Crippen LogP contribution in [0.15, 0.2) is 50.5 Å². The molecule has 0 saturated heterocycles. The second-order valence-corrected chi connectivity index (χ2v) is 7.55. The van der Waals surface area contributed by atoms with Gasteiger partial charge in [-0.2, -0.15) is 4.57 Å². The van der Waals surface area contributed by atoms with Crippen molar-refractivity contribution in [1.82, 2.24) is 14.1 Å². The molecule has 4 aromatic heterocycles. The van der Waals surface area contributed by atoms with E-state index >= 15 is 0 Å². The van der Waals surface area contributed by atoms with Crippen molar-refractivity contribution in [2.75, 3.05) is 0 Å². The summed E-state index contributed by atoms with van der Waals surface area (Å²) >= 11 is 0. The maximum absolute atomic E-state index is 12.8. The van der Waals surface area contributed by atoms with E-state index in [0.717, 1.165) is 54.8 Å². The van der Waals surface area contributed by atoms with Gasteiger partial charge in [0, 0.05) is 28.6 Å². The first-order valence-corrected chi connectivity index (χ1v) is 9.12. The van der Waals surface area contributed by atoms with Crippen molar-refractivity contribution in [2.45, 2.75) is 6.92 Å². The molecule has 0 fully saturated rings. The van der Waals surface area contributed by atoms with E-state index in [1.807, 2.05) is 54.9 Å². The van der Waals surface area contributed by atoms with Gasteiger partial charge in [-0.1, -0.05) is 30.3 Å². The van der Waals surface area contributed by atoms with Gasteiger partial charge in [-0.25, -0.2) is 0 Å². The van der Waals surface area contributed by atoms with E-state index in [4.69, 9.17) is 4.52 Å². The molecule has 0 amide bonds. The topological polar surface area (TPSA) is 72.4 Å². The molecular formula is C22H13N3O3. The second-order valence-electron chi connectivity index (χ2n) is 7.55. The summed E-state index contributed by atoms with van der Waals surface area (Å²) in [4.78, 5) is 28.1. The zero-order chi connectivity index (χ0) is 18.9. The highest BCUT2D eigenvalue weighted by Crippen LogP contribution is 2.44. The number of aromatic amines is 1. The van der Waals surface area contributed by atoms with Crippen molar-refractivity contribution in [3.05, 3.63) is 62.7 Å². The number of aryl methyl sites for hydroxylation is 2. The zero-order valence-electron chi connectivity index (χ0n) is 15.1. The van der Waals surface area contributed by atoms with Gasteiger partial charge in [-0.15, -0.1) is 0 Å². The van der Waals surface area contributed by atoms with Crippen LogP contribution >= 0.6 is 0 Å². The van der Waals surface area contributed by atoms with E-state index in [2.05, 4.69) is 9.55 Å². The SMILES string of the molecule is Cc1ccc2c3c4c(=O)[nH]c(=O)c4c4c5ccccc5n5oc1c2n(C)c3c45. The average molecular weight is 367 g/mol. The molecule has 7 aromatic rings. The molecule has 2 bridgehead atoms. The predicted octanol–water partition coefficient (Wildman–Crippen LogP) is 3.87. The van der Waals surface area contributed by atoms with Gasteiger partial charge in [0.1, 0.15) is 5.52 Å². The summed E-state index contributed by atoms with van der Waals surface area (Å²) in [6.45, 7) is 2.01. The highest BCUT2D eigenvalue weighted by Gasteiger charge is 2.28. The summed E-state index contributed by atoms with van der Waals surface area (Å²) in [5, 5.41) is 4.33. The number of hydrogen-bond acceptors (Lipinski definition) is 3. The van der Waals surface area contributed by atoms with Crippen molar-refractivity contribution in [3.63, 3.8) is 0 Å². The predicted molar refractivity (Wildman–Crippen MR) is 110 cm³/mol. The molecule has 0 aliphatic carbocycles. The molecule has 28 heavy (non-hydrogen) atoms. The Labute approximate surface area is 155 Å². The van der Waals surface area contributed by atoms with Gasteiger partial charge >= 0.3 is 0 Å². The Kier molecular flexibility index (Phi) is 2.14. The van der Waals surface area contributed by atoms with Crippen molar-refractivity contribution < 1.29 is 4.52 Å². The summed E-state index contributed by atoms with van der Waals surface area (Å²) in [6.07, 6.45) is 0. The van der Waals surface area contributed by atoms with E-state index in [0.29, 0.717) is 10.8 Å². The number of aromatic nitrogens is 3. The van der Waals surface area contributed by atoms with Crippen molar-refractivity contribution in [1.29, 1.82) is 0 Å². The largest absolute Gasteiger partial charge is 0.372 e. The van der Waals surface area contributed by atoms with Crippen LogP contribution in [0.2, 0.25) is 0 Å². The van der Waals surface area contributed by atoms with Crippen LogP contribution in [-0.4, -0.2) is 14.1 Å². The molecule has 6 heteroatoms. The Hall–Kier alpha value is -3.80. The number of rotatable bonds is 0. The molecule has 6 nitrogen and oxygen atoms in total. The van der Waals surface area contributed by atoms with E-state index in [1.165, 1.54) is 0 Å². The van der Waals surface area contributed by atoms with Gasteiger partial charge in [-0.3, -0.25) is 14.6 Å². The molecule has 7 rings (SSSR count). The first-order valence-electron chi connectivity index (χ1n) is 9.12. The molecule has 0 spiro atoms. The number of benzene rings is 3. The van der Waals surface area contributed by atoms with Crippen LogP contribution in [0.1, 0.15) is 5.56 Å². The third-order valence-electron chi connectivity index (χ3n) is 6.18. The number of nitrogens with zero attached hydrogens (tertiary/aromatic N) is 2. The van der Waals surface area contributed by atoms with Crippen molar-refractivity contribution in [2.24, 2.45) is 7.05 Å². The van der Waals surface area contributed by atoms with Gasteiger partial charge in [0.05, 0.1) is 27.3 Å². The average Bonchev–Trinajstić information content (AvgIpc) is 3.22. The van der Waals surface area contributed by atoms with Crippen LogP contribution in [0, 0.1) is 6.92 Å². The number of nitrogens with one attached hydrogen (secondary N) is 1. The first-order chi connectivity index (χ1) is 13.6. The summed E-state index contributed by atoms with van der Waals surface area (Å²) in [6, 6.07) is 11.8. The van der Waals surface area contributed by atoms with E-state index in [1.54, 1.807) is 0 Å². The lowest BCUT2D eigenvalue weighted by Gasteiger charge is -2.03. The maximum atomic E-state index is 12.8. The lowest BCUT2D eigenvalue weighted by Crippen LogP contribution is -2.05. The molecule has 134 valence electrons. The van der Waals surface area contributed by atoms with E-state index in [9.17, 15) is 9.59 Å². The Balaban J connectivity index is 2.13. The minimum Gasteiger partial charge on any atom is -0.372 e. The van der Waals surface area contributed by atoms with E-state index in [-0.39, 0.29) is 11.1 Å². The zero-order valence-corrected chi connectivity index (χ0v) is 15.1. The number of hydrogen-bond donors (Lipinski definition) is 1. The van der Waals surface area contributed by atoms with Crippen LogP contribution in [0.3, 0.4) is 0 Å². The van der Waals surface area contributed by atoms with Gasteiger partial charge in [0.2, 0.25) is 0 Å². The van der Waals surface area contributed by atoms with Gasteiger partial charge in [0.15, 0.2) is 5.58 Å². The molecule has 0 aliphatic heterocycles. The van der Waals surface area contributed by atoms with Crippen LogP contribution in [0.5, 0.6) is 0 Å². The second kappa shape index (κ2) is 4.20. The summed E-state index contributed by atoms with van der Waals surface area (Å²) in [5.74, 6) is 0. The number of fused-ring (bicyclic) bond motifs is 7. The minimum atomic E-state index is -0.347. The van der Waals surface area contributed by atoms with Gasteiger partial charge in [-0.05, 0) is 18.6 Å². The van der Waals surface area contributed by atoms with Gasteiger partial charge < -0.3 is 9.09 Å². The summed E-state index contributed by atoms with van der Waals surface area (Å²) in [5.41, 5.74) is 4.65. The highest BCUT2D eigenvalue weighted by molar-refractivity contribution is 6.36. The van der Waals surface area contributed by atoms with Crippen LogP contribution in [0.25, 0.3) is 60.0 Å². The third kappa shape index (κ3) is 1.28. The van der Waals surface area contributed by atoms with Gasteiger partial charge in [0.25, 0.3) is 11.1 Å². The van der Waals surface area contributed by atoms with Crippen molar-refractivity contribution in [3.8, 4) is 0 Å². The van der Waals surface area contributed by atoms with E-state index < -0.39 is 0 Å². The smallest absolute Gasteiger partial charge is 0.259 e. The molecule has 0 unspecified atom stereocenters. The first kappa shape index (κ1) is 14.3. The summed E-state index contributed by atoms with van der Waals surface area (Å²) in [7, 11) is 1.99. The molecule has 4 heterocycles. The Morgan fingerprint density at radius 1 is 0.821 bits per heavy atom. The fourth-order valence-electron chi connectivity index (χ4n) is 5.06. The molecule has 0 saturated carbocycles. The lowest BCUT2D eigenvalue weighted by molar-refractivity contribution is 0.416.